The third kappa shape index (κ3) is 4.69. The zero-order chi connectivity index (χ0) is 21.1. The van der Waals surface area contributed by atoms with Crippen molar-refractivity contribution in [2.75, 3.05) is 24.6 Å². The summed E-state index contributed by atoms with van der Waals surface area (Å²) in [6.07, 6.45) is 1.06. The molecule has 1 aliphatic heterocycles. The van der Waals surface area contributed by atoms with Crippen LogP contribution in [0.15, 0.2) is 12.7 Å². The van der Waals surface area contributed by atoms with Crippen LogP contribution in [0.5, 0.6) is 0 Å². The molecule has 29 heavy (non-hydrogen) atoms. The number of ether oxygens (including phenoxy) is 1. The van der Waals surface area contributed by atoms with E-state index in [1.54, 1.807) is 10.9 Å². The Morgan fingerprint density at radius 3 is 2.24 bits per heavy atom. The fourth-order valence-electron chi connectivity index (χ4n) is 3.52. The van der Waals surface area contributed by atoms with Crippen molar-refractivity contribution in [3.63, 3.8) is 0 Å². The van der Waals surface area contributed by atoms with E-state index in [1.165, 1.54) is 6.33 Å². The zero-order valence-electron chi connectivity index (χ0n) is 17.6. The summed E-state index contributed by atoms with van der Waals surface area (Å²) in [5.41, 5.74) is 1.17. The zero-order valence-corrected chi connectivity index (χ0v) is 17.6. The highest BCUT2D eigenvalue weighted by Crippen LogP contribution is 2.32. The molecule has 0 saturated carbocycles. The van der Waals surface area contributed by atoms with Crippen LogP contribution in [0, 0.1) is 11.8 Å². The van der Waals surface area contributed by atoms with E-state index in [0.717, 1.165) is 31.7 Å². The van der Waals surface area contributed by atoms with Crippen molar-refractivity contribution in [1.82, 2.24) is 19.5 Å². The van der Waals surface area contributed by atoms with Gasteiger partial charge in [-0.15, -0.1) is 0 Å². The number of hydrogen-bond acceptors (Lipinski definition) is 8. The van der Waals surface area contributed by atoms with Crippen molar-refractivity contribution < 1.29 is 20.1 Å². The first kappa shape index (κ1) is 21.9. The Morgan fingerprint density at radius 1 is 1.03 bits per heavy atom. The molecule has 4 atom stereocenters. The van der Waals surface area contributed by atoms with Gasteiger partial charge in [0.1, 0.15) is 24.6 Å². The third-order valence-corrected chi connectivity index (χ3v) is 5.38. The first-order chi connectivity index (χ1) is 13.8. The molecule has 1 unspecified atom stereocenters. The summed E-state index contributed by atoms with van der Waals surface area (Å²) in [6, 6.07) is 0. The van der Waals surface area contributed by atoms with Gasteiger partial charge in [-0.2, -0.15) is 0 Å². The fraction of sp³-hybridized carbons (Fsp3) is 0.750. The van der Waals surface area contributed by atoms with E-state index in [1.807, 2.05) is 0 Å². The van der Waals surface area contributed by atoms with Gasteiger partial charge in [0.25, 0.3) is 0 Å². The Kier molecular flexibility index (Phi) is 7.05. The molecule has 1 aliphatic rings. The Hall–Kier alpha value is -1.81. The van der Waals surface area contributed by atoms with Crippen LogP contribution in [-0.2, 0) is 4.74 Å². The Balaban J connectivity index is 1.93. The lowest BCUT2D eigenvalue weighted by molar-refractivity contribution is -0.0511. The Bertz CT molecular complexity index is 784. The van der Waals surface area contributed by atoms with E-state index in [9.17, 15) is 15.3 Å². The van der Waals surface area contributed by atoms with E-state index in [-0.39, 0.29) is 6.61 Å². The summed E-state index contributed by atoms with van der Waals surface area (Å²) in [4.78, 5) is 15.6. The van der Waals surface area contributed by atoms with Crippen molar-refractivity contribution >= 4 is 17.0 Å². The topological polar surface area (TPSA) is 117 Å². The minimum absolute atomic E-state index is 0.375. The van der Waals surface area contributed by atoms with Crippen LogP contribution in [0.2, 0.25) is 0 Å². The predicted octanol–water partition coefficient (Wildman–Crippen LogP) is 1.34. The molecule has 3 rings (SSSR count). The number of imidazole rings is 1. The second-order valence-corrected chi connectivity index (χ2v) is 8.60. The second kappa shape index (κ2) is 9.34. The lowest BCUT2D eigenvalue weighted by Gasteiger charge is -2.25. The molecule has 9 nitrogen and oxygen atoms in total. The van der Waals surface area contributed by atoms with Crippen molar-refractivity contribution in [1.29, 1.82) is 0 Å². The van der Waals surface area contributed by atoms with Crippen LogP contribution < -0.4 is 4.90 Å². The summed E-state index contributed by atoms with van der Waals surface area (Å²) >= 11 is 0. The van der Waals surface area contributed by atoms with Crippen LogP contribution in [0.25, 0.3) is 11.2 Å². The van der Waals surface area contributed by atoms with Gasteiger partial charge in [-0.25, -0.2) is 15.0 Å². The molecule has 9 heteroatoms. The van der Waals surface area contributed by atoms with Gasteiger partial charge in [0, 0.05) is 13.1 Å². The van der Waals surface area contributed by atoms with Gasteiger partial charge in [0.15, 0.2) is 23.2 Å². The normalized spacial score (nSPS) is 24.9. The summed E-state index contributed by atoms with van der Waals surface area (Å²) in [5, 5.41) is 29.8. The Morgan fingerprint density at radius 2 is 1.69 bits per heavy atom. The number of aliphatic hydroxyl groups is 3. The van der Waals surface area contributed by atoms with Crippen molar-refractivity contribution in [2.24, 2.45) is 11.8 Å². The number of aromatic nitrogens is 4. The van der Waals surface area contributed by atoms with Gasteiger partial charge in [-0.3, -0.25) is 4.57 Å². The SMILES string of the molecule is CC(C)CCN(CCC(C)C)c1ncnc2c1ncn2C1O[C@H](CO)[C@@H](O)[C@H]1O. The minimum atomic E-state index is -1.18. The molecule has 3 N–H and O–H groups in total. The monoisotopic (exact) mass is 407 g/mol. The molecule has 0 aromatic carbocycles. The van der Waals surface area contributed by atoms with Gasteiger partial charge in [0.2, 0.25) is 0 Å². The molecule has 1 fully saturated rings. The average molecular weight is 408 g/mol. The number of nitrogens with zero attached hydrogens (tertiary/aromatic N) is 5. The third-order valence-electron chi connectivity index (χ3n) is 5.38. The highest BCUT2D eigenvalue weighted by Gasteiger charge is 2.44. The van der Waals surface area contributed by atoms with Gasteiger partial charge < -0.3 is 25.0 Å². The minimum Gasteiger partial charge on any atom is -0.394 e. The summed E-state index contributed by atoms with van der Waals surface area (Å²) in [7, 11) is 0. The van der Waals surface area contributed by atoms with Gasteiger partial charge in [-0.1, -0.05) is 27.7 Å². The predicted molar refractivity (Wildman–Crippen MR) is 109 cm³/mol. The number of fused-ring (bicyclic) bond motifs is 1. The molecule has 2 aromatic heterocycles. The van der Waals surface area contributed by atoms with Crippen molar-refractivity contribution in [2.45, 2.75) is 65.1 Å². The summed E-state index contributed by atoms with van der Waals surface area (Å²) in [6.45, 7) is 10.2. The average Bonchev–Trinajstić information content (AvgIpc) is 3.23. The van der Waals surface area contributed by atoms with E-state index in [0.29, 0.717) is 23.0 Å². The molecule has 3 heterocycles. The number of aliphatic hydroxyl groups excluding tert-OH is 3. The maximum atomic E-state index is 10.4. The standard InChI is InChI=1S/C20H33N5O4/c1-12(2)5-7-24(8-6-13(3)4)18-15-19(22-10-21-18)25(11-23-15)20-17(28)16(27)14(9-26)29-20/h10-14,16-17,20,26-28H,5-9H2,1-4H3/t14-,16-,17-,20?/m1/s1. The van der Waals surface area contributed by atoms with Crippen molar-refractivity contribution in [3.05, 3.63) is 12.7 Å². The summed E-state index contributed by atoms with van der Waals surface area (Å²) in [5.74, 6) is 1.91. The van der Waals surface area contributed by atoms with Crippen molar-refractivity contribution in [3.8, 4) is 0 Å². The smallest absolute Gasteiger partial charge is 0.167 e. The largest absolute Gasteiger partial charge is 0.394 e. The van der Waals surface area contributed by atoms with Crippen LogP contribution in [0.1, 0.15) is 46.8 Å². The molecule has 162 valence electrons. The molecule has 0 radical (unpaired) electrons. The highest BCUT2D eigenvalue weighted by atomic mass is 16.6. The lowest BCUT2D eigenvalue weighted by atomic mass is 10.1. The number of anilines is 1. The number of hydrogen-bond donors (Lipinski definition) is 3. The van der Waals surface area contributed by atoms with E-state index in [4.69, 9.17) is 4.74 Å². The quantitative estimate of drug-likeness (QED) is 0.570. The van der Waals surface area contributed by atoms with Crippen LogP contribution in [0.4, 0.5) is 5.82 Å². The maximum Gasteiger partial charge on any atom is 0.167 e. The molecule has 2 aromatic rings. The van der Waals surface area contributed by atoms with E-state index in [2.05, 4.69) is 47.5 Å². The molecule has 1 saturated heterocycles. The maximum absolute atomic E-state index is 10.4. The fourth-order valence-corrected chi connectivity index (χ4v) is 3.52. The van der Waals surface area contributed by atoms with E-state index < -0.39 is 24.5 Å². The van der Waals surface area contributed by atoms with Crippen LogP contribution >= 0.6 is 0 Å². The second-order valence-electron chi connectivity index (χ2n) is 8.60. The van der Waals surface area contributed by atoms with Gasteiger partial charge in [-0.05, 0) is 24.7 Å². The Labute approximate surface area is 171 Å². The van der Waals surface area contributed by atoms with Crippen LogP contribution in [0.3, 0.4) is 0 Å². The molecule has 0 aliphatic carbocycles. The lowest BCUT2D eigenvalue weighted by Crippen LogP contribution is -2.33. The first-order valence-electron chi connectivity index (χ1n) is 10.4. The molecular formula is C20H33N5O4. The summed E-state index contributed by atoms with van der Waals surface area (Å²) < 4.78 is 7.25. The van der Waals surface area contributed by atoms with Gasteiger partial charge >= 0.3 is 0 Å². The van der Waals surface area contributed by atoms with Gasteiger partial charge in [0.05, 0.1) is 12.9 Å². The van der Waals surface area contributed by atoms with E-state index >= 15 is 0 Å². The first-order valence-corrected chi connectivity index (χ1v) is 10.4. The van der Waals surface area contributed by atoms with Crippen LogP contribution in [-0.4, -0.2) is 72.8 Å². The molecule has 0 amide bonds. The highest BCUT2D eigenvalue weighted by molar-refractivity contribution is 5.83. The molecule has 0 spiro atoms. The molecular weight excluding hydrogens is 374 g/mol. The molecule has 0 bridgehead atoms. The number of rotatable bonds is 9.